The summed E-state index contributed by atoms with van der Waals surface area (Å²) in [4.78, 5) is 29.4. The third-order valence-corrected chi connectivity index (χ3v) is 7.32. The third-order valence-electron chi connectivity index (χ3n) is 4.06. The van der Waals surface area contributed by atoms with Gasteiger partial charge in [-0.15, -0.1) is 34.4 Å². The molecule has 0 aliphatic carbocycles. The summed E-state index contributed by atoms with van der Waals surface area (Å²) in [5, 5.41) is 2.84. The number of thioether (sulfide) groups is 1. The van der Waals surface area contributed by atoms with Crippen LogP contribution in [0.5, 0.6) is 0 Å². The largest absolute Gasteiger partial charge is 0.445 e. The van der Waals surface area contributed by atoms with Crippen LogP contribution in [-0.4, -0.2) is 37.0 Å². The Labute approximate surface area is 186 Å². The number of amides is 2. The molecule has 0 saturated carbocycles. The van der Waals surface area contributed by atoms with E-state index in [9.17, 15) is 9.59 Å². The van der Waals surface area contributed by atoms with Gasteiger partial charge >= 0.3 is 6.09 Å². The van der Waals surface area contributed by atoms with Crippen LogP contribution in [0.3, 0.4) is 0 Å². The fourth-order valence-electron chi connectivity index (χ4n) is 2.59. The van der Waals surface area contributed by atoms with Crippen molar-refractivity contribution >= 4 is 46.4 Å². The molecule has 2 aromatic heterocycles. The molecule has 2 heterocycles. The Morgan fingerprint density at radius 3 is 2.63 bits per heavy atom. The Morgan fingerprint density at radius 1 is 1.23 bits per heavy atom. The quantitative estimate of drug-likeness (QED) is 0.391. The van der Waals surface area contributed by atoms with Crippen LogP contribution in [-0.2, 0) is 9.47 Å². The van der Waals surface area contributed by atoms with Crippen molar-refractivity contribution in [3.63, 3.8) is 0 Å². The van der Waals surface area contributed by atoms with Gasteiger partial charge in [0.05, 0.1) is 9.09 Å². The van der Waals surface area contributed by atoms with E-state index in [1.807, 2.05) is 48.9 Å². The summed E-state index contributed by atoms with van der Waals surface area (Å²) in [5.74, 6) is -0.418. The van der Waals surface area contributed by atoms with Gasteiger partial charge in [-0.05, 0) is 24.8 Å². The van der Waals surface area contributed by atoms with Crippen LogP contribution in [0.4, 0.5) is 4.79 Å². The van der Waals surface area contributed by atoms with Gasteiger partial charge in [0.15, 0.2) is 0 Å². The molecule has 1 aromatic carbocycles. The maximum atomic E-state index is 12.5. The number of carbonyl (C=O) groups is 2. The van der Waals surface area contributed by atoms with Gasteiger partial charge < -0.3 is 9.47 Å². The third kappa shape index (κ3) is 5.60. The molecule has 0 radical (unpaired) electrons. The van der Waals surface area contributed by atoms with Crippen LogP contribution >= 0.6 is 34.4 Å². The monoisotopic (exact) mass is 463 g/mol. The normalized spacial score (nSPS) is 11.7. The van der Waals surface area contributed by atoms with Crippen LogP contribution in [0.15, 0.2) is 46.0 Å². The Morgan fingerprint density at radius 2 is 2.00 bits per heavy atom. The van der Waals surface area contributed by atoms with Crippen molar-refractivity contribution in [2.75, 3.05) is 20.0 Å². The van der Waals surface area contributed by atoms with E-state index in [1.54, 1.807) is 24.9 Å². The standard InChI is InChI=1S/C20H21N3O4S3/c1-12-11-29-18(21-12)14-9-16(30-19(14)28-3)17(24)22-23-20(25)27-10-15(26-2)13-7-5-4-6-8-13/h4-9,11,15H,10H2,1-3H3,(H,22,24)(H,23,25). The van der Waals surface area contributed by atoms with E-state index in [0.29, 0.717) is 4.88 Å². The van der Waals surface area contributed by atoms with E-state index in [1.165, 1.54) is 22.7 Å². The van der Waals surface area contributed by atoms with E-state index in [-0.39, 0.29) is 6.61 Å². The van der Waals surface area contributed by atoms with Gasteiger partial charge in [-0.2, -0.15) is 0 Å². The number of hydrogen-bond acceptors (Lipinski definition) is 8. The van der Waals surface area contributed by atoms with Crippen LogP contribution in [0.25, 0.3) is 10.6 Å². The number of hydrazine groups is 1. The topological polar surface area (TPSA) is 89.5 Å². The Balaban J connectivity index is 1.55. The highest BCUT2D eigenvalue weighted by Crippen LogP contribution is 2.39. The van der Waals surface area contributed by atoms with Crippen LogP contribution < -0.4 is 10.9 Å². The first-order chi connectivity index (χ1) is 14.5. The molecule has 0 aliphatic rings. The number of aromatic nitrogens is 1. The van der Waals surface area contributed by atoms with Gasteiger partial charge in [0, 0.05) is 23.7 Å². The number of nitrogens with zero attached hydrogens (tertiary/aromatic N) is 1. The maximum absolute atomic E-state index is 12.5. The van der Waals surface area contributed by atoms with E-state index in [0.717, 1.165) is 26.0 Å². The van der Waals surface area contributed by atoms with Crippen molar-refractivity contribution in [2.45, 2.75) is 17.2 Å². The molecule has 2 amide bonds. The molecule has 0 bridgehead atoms. The van der Waals surface area contributed by atoms with E-state index < -0.39 is 18.1 Å². The number of thiazole rings is 1. The molecule has 0 fully saturated rings. The lowest BCUT2D eigenvalue weighted by Gasteiger charge is -2.16. The van der Waals surface area contributed by atoms with E-state index >= 15 is 0 Å². The molecule has 10 heteroatoms. The average molecular weight is 464 g/mol. The lowest BCUT2D eigenvalue weighted by atomic mass is 10.1. The molecule has 0 saturated heterocycles. The molecule has 30 heavy (non-hydrogen) atoms. The lowest BCUT2D eigenvalue weighted by molar-refractivity contribution is 0.0330. The summed E-state index contributed by atoms with van der Waals surface area (Å²) in [6.45, 7) is 1.95. The van der Waals surface area contributed by atoms with Crippen molar-refractivity contribution in [3.8, 4) is 10.6 Å². The average Bonchev–Trinajstić information content (AvgIpc) is 3.39. The molecule has 158 valence electrons. The van der Waals surface area contributed by atoms with E-state index in [2.05, 4.69) is 15.8 Å². The molecule has 0 aliphatic heterocycles. The number of thiophene rings is 1. The lowest BCUT2D eigenvalue weighted by Crippen LogP contribution is -2.42. The number of nitrogens with one attached hydrogen (secondary N) is 2. The number of ether oxygens (including phenoxy) is 2. The predicted octanol–water partition coefficient (Wildman–Crippen LogP) is 4.66. The minimum absolute atomic E-state index is 0.0192. The summed E-state index contributed by atoms with van der Waals surface area (Å²) in [6.07, 6.45) is 0.795. The molecule has 2 N–H and O–H groups in total. The highest BCUT2D eigenvalue weighted by Gasteiger charge is 2.19. The fraction of sp³-hybridized carbons (Fsp3) is 0.250. The van der Waals surface area contributed by atoms with Gasteiger partial charge in [-0.1, -0.05) is 30.3 Å². The minimum atomic E-state index is -0.765. The zero-order valence-electron chi connectivity index (χ0n) is 16.6. The zero-order chi connectivity index (χ0) is 21.5. The SMILES string of the molecule is COC(COC(=O)NNC(=O)c1cc(-c2nc(C)cs2)c(SC)s1)c1ccccc1. The van der Waals surface area contributed by atoms with Crippen LogP contribution in [0.1, 0.15) is 27.0 Å². The summed E-state index contributed by atoms with van der Waals surface area (Å²) in [6, 6.07) is 11.2. The molecule has 1 unspecified atom stereocenters. The summed E-state index contributed by atoms with van der Waals surface area (Å²) in [7, 11) is 1.54. The summed E-state index contributed by atoms with van der Waals surface area (Å²) < 4.78 is 11.5. The number of methoxy groups -OCH3 is 1. The number of aryl methyl sites for hydroxylation is 1. The van der Waals surface area contributed by atoms with E-state index in [4.69, 9.17) is 9.47 Å². The first kappa shape index (κ1) is 22.3. The fourth-order valence-corrected chi connectivity index (χ4v) is 5.30. The number of hydrogen-bond donors (Lipinski definition) is 2. The van der Waals surface area contributed by atoms with Gasteiger partial charge in [0.25, 0.3) is 5.91 Å². The highest BCUT2D eigenvalue weighted by atomic mass is 32.2. The van der Waals surface area contributed by atoms with Crippen molar-refractivity contribution in [1.82, 2.24) is 15.8 Å². The van der Waals surface area contributed by atoms with Crippen LogP contribution in [0.2, 0.25) is 0 Å². The van der Waals surface area contributed by atoms with Crippen LogP contribution in [0, 0.1) is 6.92 Å². The molecule has 7 nitrogen and oxygen atoms in total. The van der Waals surface area contributed by atoms with Crippen molar-refractivity contribution in [1.29, 1.82) is 0 Å². The molecular formula is C20H21N3O4S3. The molecule has 0 spiro atoms. The van der Waals surface area contributed by atoms with Gasteiger partial charge in [0.1, 0.15) is 17.7 Å². The second kappa shape index (κ2) is 10.6. The second-order valence-corrected chi connectivity index (χ2v) is 9.11. The Kier molecular flexibility index (Phi) is 7.86. The molecule has 1 atom stereocenters. The highest BCUT2D eigenvalue weighted by molar-refractivity contribution is 8.00. The Bertz CT molecular complexity index is 1000. The smallest absolute Gasteiger partial charge is 0.426 e. The number of rotatable bonds is 7. The maximum Gasteiger partial charge on any atom is 0.426 e. The number of benzene rings is 1. The Hall–Kier alpha value is -2.40. The van der Waals surface area contributed by atoms with Gasteiger partial charge in [-0.25, -0.2) is 15.2 Å². The molecule has 3 rings (SSSR count). The molecular weight excluding hydrogens is 442 g/mol. The second-order valence-electron chi connectivity index (χ2n) is 6.12. The van der Waals surface area contributed by atoms with Crippen molar-refractivity contribution in [3.05, 3.63) is 57.9 Å². The van der Waals surface area contributed by atoms with Gasteiger partial charge in [0.2, 0.25) is 0 Å². The van der Waals surface area contributed by atoms with Crippen molar-refractivity contribution < 1.29 is 19.1 Å². The first-order valence-electron chi connectivity index (χ1n) is 8.93. The first-order valence-corrected chi connectivity index (χ1v) is 11.8. The number of carbonyl (C=O) groups excluding carboxylic acids is 2. The van der Waals surface area contributed by atoms with Crippen molar-refractivity contribution in [2.24, 2.45) is 0 Å². The minimum Gasteiger partial charge on any atom is -0.445 e. The summed E-state index contributed by atoms with van der Waals surface area (Å²) in [5.41, 5.74) is 7.41. The predicted molar refractivity (Wildman–Crippen MR) is 120 cm³/mol. The van der Waals surface area contributed by atoms with Gasteiger partial charge in [-0.3, -0.25) is 10.2 Å². The zero-order valence-corrected chi connectivity index (χ0v) is 19.1. The molecule has 3 aromatic rings. The summed E-state index contributed by atoms with van der Waals surface area (Å²) >= 11 is 4.44.